The van der Waals surface area contributed by atoms with Crippen LogP contribution in [0.25, 0.3) is 0 Å². The average molecular weight is 617 g/mol. The molecule has 3 heterocycles. The van der Waals surface area contributed by atoms with Gasteiger partial charge in [-0.15, -0.1) is 0 Å². The van der Waals surface area contributed by atoms with Crippen LogP contribution >= 0.6 is 0 Å². The van der Waals surface area contributed by atoms with Crippen LogP contribution in [-0.4, -0.2) is 58.5 Å². The number of aryl methyl sites for hydroxylation is 1. The maximum absolute atomic E-state index is 13.6. The van der Waals surface area contributed by atoms with E-state index in [1.807, 2.05) is 13.1 Å². The summed E-state index contributed by atoms with van der Waals surface area (Å²) in [6, 6.07) is 0. The quantitative estimate of drug-likeness (QED) is 0.445. The second-order valence-corrected chi connectivity index (χ2v) is 25.1. The van der Waals surface area contributed by atoms with E-state index in [1.54, 1.807) is 13.8 Å². The Morgan fingerprint density at radius 1 is 1.07 bits per heavy atom. The zero-order valence-electron chi connectivity index (χ0n) is 26.0. The van der Waals surface area contributed by atoms with Crippen LogP contribution in [0, 0.1) is 6.92 Å². The monoisotopic (exact) mass is 616 g/mol. The summed E-state index contributed by atoms with van der Waals surface area (Å²) in [4.78, 5) is 26.4. The summed E-state index contributed by atoms with van der Waals surface area (Å²) in [6.07, 6.45) is -1.56. The van der Waals surface area contributed by atoms with E-state index >= 15 is 0 Å². The van der Waals surface area contributed by atoms with Crippen LogP contribution in [0.3, 0.4) is 0 Å². The van der Waals surface area contributed by atoms with E-state index in [2.05, 4.69) is 59.4 Å². The highest BCUT2D eigenvalue weighted by molar-refractivity contribution is 7.92. The van der Waals surface area contributed by atoms with Crippen molar-refractivity contribution in [2.75, 3.05) is 6.61 Å². The zero-order valence-corrected chi connectivity index (χ0v) is 28.9. The first-order valence-electron chi connectivity index (χ1n) is 13.7. The molecule has 1 spiro atoms. The van der Waals surface area contributed by atoms with Crippen molar-refractivity contribution in [1.82, 2.24) is 13.9 Å². The summed E-state index contributed by atoms with van der Waals surface area (Å²) in [5.41, 5.74) is 4.46. The van der Waals surface area contributed by atoms with E-state index in [4.69, 9.17) is 19.3 Å². The molecule has 0 saturated carbocycles. The van der Waals surface area contributed by atoms with Crippen LogP contribution in [0.1, 0.15) is 60.3 Å². The van der Waals surface area contributed by atoms with E-state index in [0.717, 1.165) is 9.98 Å². The van der Waals surface area contributed by atoms with E-state index in [1.165, 1.54) is 10.8 Å². The lowest BCUT2D eigenvalue weighted by atomic mass is 9.86. The molecule has 2 aliphatic rings. The predicted molar refractivity (Wildman–Crippen MR) is 162 cm³/mol. The third kappa shape index (κ3) is 5.60. The molecule has 4 atom stereocenters. The first-order valence-corrected chi connectivity index (χ1v) is 21.1. The highest BCUT2D eigenvalue weighted by atomic mass is 32.2. The van der Waals surface area contributed by atoms with Crippen molar-refractivity contribution in [1.29, 1.82) is 0 Å². The first-order chi connectivity index (χ1) is 17.9. The molecule has 1 aromatic heterocycles. The van der Waals surface area contributed by atoms with Gasteiger partial charge in [0.1, 0.15) is 17.7 Å². The molecule has 2 aliphatic heterocycles. The van der Waals surface area contributed by atoms with Gasteiger partial charge < -0.3 is 19.3 Å². The van der Waals surface area contributed by atoms with Crippen LogP contribution < -0.4 is 21.7 Å². The molecule has 0 bridgehead atoms. The molecule has 1 saturated heterocycles. The number of sulfonamides is 1. The van der Waals surface area contributed by atoms with E-state index in [0.29, 0.717) is 5.56 Å². The molecule has 14 heteroatoms. The zero-order chi connectivity index (χ0) is 30.9. The van der Waals surface area contributed by atoms with E-state index in [-0.39, 0.29) is 28.9 Å². The van der Waals surface area contributed by atoms with Crippen molar-refractivity contribution in [3.63, 3.8) is 0 Å². The molecular formula is C26H48N4O7SSi2. The molecule has 3 N–H and O–H groups in total. The van der Waals surface area contributed by atoms with Crippen LogP contribution in [0.4, 0.5) is 0 Å². The number of rotatable bonds is 7. The fraction of sp³-hybridized carbons (Fsp3) is 0.769. The fourth-order valence-electron chi connectivity index (χ4n) is 4.56. The Bertz CT molecular complexity index is 1400. The van der Waals surface area contributed by atoms with Crippen LogP contribution in [-0.2, 0) is 30.2 Å². The summed E-state index contributed by atoms with van der Waals surface area (Å²) in [5, 5.41) is 0.630. The Morgan fingerprint density at radius 3 is 2.08 bits per heavy atom. The van der Waals surface area contributed by atoms with Crippen molar-refractivity contribution < 1.29 is 22.0 Å². The van der Waals surface area contributed by atoms with E-state index < -0.39 is 61.9 Å². The molecule has 0 radical (unpaired) electrons. The second kappa shape index (κ2) is 10.3. The van der Waals surface area contributed by atoms with Gasteiger partial charge in [-0.3, -0.25) is 13.9 Å². The van der Waals surface area contributed by atoms with Gasteiger partial charge in [0.15, 0.2) is 22.9 Å². The Labute approximate surface area is 240 Å². The predicted octanol–water partition coefficient (Wildman–Crippen LogP) is 3.12. The summed E-state index contributed by atoms with van der Waals surface area (Å²) in [7, 11) is -8.85. The van der Waals surface area contributed by atoms with Crippen molar-refractivity contribution in [3.05, 3.63) is 43.7 Å². The smallest absolute Gasteiger partial charge is 0.333 e. The molecule has 1 aromatic rings. The average Bonchev–Trinajstić information content (AvgIpc) is 3.20. The molecule has 0 amide bonds. The lowest BCUT2D eigenvalue weighted by molar-refractivity contribution is -0.0503. The van der Waals surface area contributed by atoms with Crippen molar-refractivity contribution in [3.8, 4) is 0 Å². The van der Waals surface area contributed by atoms with Crippen LogP contribution in [0.5, 0.6) is 0 Å². The van der Waals surface area contributed by atoms with Gasteiger partial charge in [-0.05, 0) is 50.1 Å². The molecule has 0 unspecified atom stereocenters. The molecule has 1 fully saturated rings. The number of hydrogen-bond acceptors (Lipinski definition) is 8. The molecule has 0 aliphatic carbocycles. The molecule has 0 aromatic carbocycles. The molecule has 40 heavy (non-hydrogen) atoms. The molecular weight excluding hydrogens is 569 g/mol. The van der Waals surface area contributed by atoms with Gasteiger partial charge in [0.05, 0.1) is 12.0 Å². The maximum atomic E-state index is 13.6. The summed E-state index contributed by atoms with van der Waals surface area (Å²) < 4.78 is 51.3. The number of nitrogens with zero attached hydrogens (tertiary/aromatic N) is 2. The van der Waals surface area contributed by atoms with Gasteiger partial charge in [-0.2, -0.15) is 4.72 Å². The highest BCUT2D eigenvalue weighted by Crippen LogP contribution is 2.49. The molecule has 228 valence electrons. The van der Waals surface area contributed by atoms with Gasteiger partial charge in [0, 0.05) is 24.0 Å². The number of hydrogen-bond donors (Lipinski definition) is 2. The molecule has 3 rings (SSSR count). The maximum Gasteiger partial charge on any atom is 0.333 e. The Hall–Kier alpha value is -1.56. The third-order valence-electron chi connectivity index (χ3n) is 9.18. The lowest BCUT2D eigenvalue weighted by Gasteiger charge is -2.44. The third-order valence-corrected chi connectivity index (χ3v) is 19.3. The minimum Gasteiger partial charge on any atom is -0.414 e. The van der Waals surface area contributed by atoms with Gasteiger partial charge in [-0.1, -0.05) is 41.5 Å². The summed E-state index contributed by atoms with van der Waals surface area (Å²) in [6.45, 7) is 24.4. The Kier molecular flexibility index (Phi) is 8.50. The van der Waals surface area contributed by atoms with Gasteiger partial charge in [0.25, 0.3) is 5.56 Å². The highest BCUT2D eigenvalue weighted by Gasteiger charge is 2.65. The minimum atomic E-state index is -3.94. The van der Waals surface area contributed by atoms with Crippen molar-refractivity contribution >= 4 is 26.7 Å². The second-order valence-electron chi connectivity index (χ2n) is 14.0. The number of ether oxygens (including phenoxy) is 1. The summed E-state index contributed by atoms with van der Waals surface area (Å²) >= 11 is 0. The fourth-order valence-corrected chi connectivity index (χ4v) is 8.28. The number of nitrogens with two attached hydrogens (primary N) is 1. The van der Waals surface area contributed by atoms with Gasteiger partial charge in [-0.25, -0.2) is 13.2 Å². The molecule has 11 nitrogen and oxygen atoms in total. The van der Waals surface area contributed by atoms with Crippen molar-refractivity contribution in [2.45, 2.75) is 122 Å². The van der Waals surface area contributed by atoms with Gasteiger partial charge >= 0.3 is 5.69 Å². The van der Waals surface area contributed by atoms with Crippen LogP contribution in [0.15, 0.2) is 26.9 Å². The minimum absolute atomic E-state index is 0.0303. The number of aromatic nitrogens is 2. The standard InChI is InChI=1S/C26H48N4O7SSi2/c1-13-29-21(31)17(2)14-30(23(29)32)22-20(37-40(11,12)25(6,7)8)26(18(27)16-38(33,34)28-26)19(36-22)15-35-39(9,10)24(3,4)5/h14,16,19-20,22,28H,13,15,27H2,1-12H3/t19-,20+,22-,26-/m1/s1. The SMILES string of the molecule is CCn1c(=O)c(C)cn([C@@H]2O[C@H](CO[Si](C)(C)C(C)(C)C)[C@@]3(NS(=O)(=O)C=C3N)[C@H]2O[Si](C)(C)C(C)(C)C)c1=O. The Morgan fingerprint density at radius 2 is 1.62 bits per heavy atom. The Balaban J connectivity index is 2.29. The van der Waals surface area contributed by atoms with Crippen LogP contribution in [0.2, 0.25) is 36.3 Å². The number of nitrogens with one attached hydrogen (secondary N) is 1. The summed E-state index contributed by atoms with van der Waals surface area (Å²) in [5.74, 6) is 0. The normalized spacial score (nSPS) is 27.4. The first kappa shape index (κ1) is 33.0. The van der Waals surface area contributed by atoms with Gasteiger partial charge in [0.2, 0.25) is 10.0 Å². The van der Waals surface area contributed by atoms with E-state index in [9.17, 15) is 18.0 Å². The lowest BCUT2D eigenvalue weighted by Crippen LogP contribution is -2.64. The van der Waals surface area contributed by atoms with Crippen molar-refractivity contribution in [2.24, 2.45) is 5.73 Å². The largest absolute Gasteiger partial charge is 0.414 e. The topological polar surface area (TPSA) is 144 Å².